The van der Waals surface area contributed by atoms with Gasteiger partial charge in [0.25, 0.3) is 0 Å². The maximum absolute atomic E-state index is 4.53. The lowest BCUT2D eigenvalue weighted by molar-refractivity contribution is 0.396. The van der Waals surface area contributed by atoms with Crippen LogP contribution in [0.1, 0.15) is 37.7 Å². The molecule has 0 aliphatic carbocycles. The maximum atomic E-state index is 4.53. The number of hydrogen-bond acceptors (Lipinski definition) is 3. The van der Waals surface area contributed by atoms with Gasteiger partial charge in [0.15, 0.2) is 0 Å². The first-order valence-electron chi connectivity index (χ1n) is 5.92. The van der Waals surface area contributed by atoms with E-state index in [9.17, 15) is 0 Å². The predicted molar refractivity (Wildman–Crippen MR) is 60.8 cm³/mol. The van der Waals surface area contributed by atoms with E-state index in [1.54, 1.807) is 0 Å². The van der Waals surface area contributed by atoms with E-state index in [-0.39, 0.29) is 0 Å². The van der Waals surface area contributed by atoms with Crippen molar-refractivity contribution in [3.63, 3.8) is 0 Å². The third-order valence-electron chi connectivity index (χ3n) is 2.95. The van der Waals surface area contributed by atoms with E-state index in [1.807, 2.05) is 12.3 Å². The van der Waals surface area contributed by atoms with Crippen LogP contribution in [-0.4, -0.2) is 22.6 Å². The SMILES string of the molecule is CCc1nccc(CC2CCCCN2)n1. The van der Waals surface area contributed by atoms with E-state index in [2.05, 4.69) is 22.2 Å². The Labute approximate surface area is 91.3 Å². The molecule has 0 radical (unpaired) electrons. The van der Waals surface area contributed by atoms with Crippen LogP contribution in [0.25, 0.3) is 0 Å². The van der Waals surface area contributed by atoms with Gasteiger partial charge in [0.1, 0.15) is 5.82 Å². The van der Waals surface area contributed by atoms with Gasteiger partial charge in [0, 0.05) is 30.8 Å². The highest BCUT2D eigenvalue weighted by molar-refractivity contribution is 5.04. The molecule has 0 amide bonds. The van der Waals surface area contributed by atoms with E-state index in [0.29, 0.717) is 6.04 Å². The Balaban J connectivity index is 1.96. The van der Waals surface area contributed by atoms with Gasteiger partial charge >= 0.3 is 0 Å². The van der Waals surface area contributed by atoms with Crippen LogP contribution in [0.3, 0.4) is 0 Å². The highest BCUT2D eigenvalue weighted by atomic mass is 14.9. The summed E-state index contributed by atoms with van der Waals surface area (Å²) in [7, 11) is 0. The van der Waals surface area contributed by atoms with Crippen LogP contribution in [0.2, 0.25) is 0 Å². The molecule has 1 aromatic rings. The van der Waals surface area contributed by atoms with Gasteiger partial charge in [-0.15, -0.1) is 0 Å². The topological polar surface area (TPSA) is 37.8 Å². The fourth-order valence-electron chi connectivity index (χ4n) is 2.08. The van der Waals surface area contributed by atoms with E-state index < -0.39 is 0 Å². The van der Waals surface area contributed by atoms with Gasteiger partial charge in [-0.25, -0.2) is 9.97 Å². The Morgan fingerprint density at radius 3 is 3.13 bits per heavy atom. The summed E-state index contributed by atoms with van der Waals surface area (Å²) in [5.41, 5.74) is 1.18. The third-order valence-corrected chi connectivity index (χ3v) is 2.95. The molecule has 1 unspecified atom stereocenters. The van der Waals surface area contributed by atoms with Crippen LogP contribution in [0.4, 0.5) is 0 Å². The lowest BCUT2D eigenvalue weighted by Crippen LogP contribution is -2.35. The number of rotatable bonds is 3. The van der Waals surface area contributed by atoms with Crippen molar-refractivity contribution in [2.75, 3.05) is 6.54 Å². The molecule has 1 aliphatic rings. The molecule has 15 heavy (non-hydrogen) atoms. The number of aromatic nitrogens is 2. The standard InChI is InChI=1S/C12H19N3/c1-2-12-14-8-6-11(15-12)9-10-5-3-4-7-13-10/h6,8,10,13H,2-5,7,9H2,1H3. The second-order valence-corrected chi connectivity index (χ2v) is 4.17. The van der Waals surface area contributed by atoms with Gasteiger partial charge in [-0.2, -0.15) is 0 Å². The highest BCUT2D eigenvalue weighted by Gasteiger charge is 2.13. The molecule has 1 N–H and O–H groups in total. The average Bonchev–Trinajstić information content (AvgIpc) is 2.31. The predicted octanol–water partition coefficient (Wildman–Crippen LogP) is 1.72. The molecule has 3 nitrogen and oxygen atoms in total. The summed E-state index contributed by atoms with van der Waals surface area (Å²) in [6.07, 6.45) is 7.81. The van der Waals surface area contributed by atoms with E-state index in [1.165, 1.54) is 25.0 Å². The molecule has 0 spiro atoms. The Hall–Kier alpha value is -0.960. The fourth-order valence-corrected chi connectivity index (χ4v) is 2.08. The van der Waals surface area contributed by atoms with Crippen molar-refractivity contribution in [3.8, 4) is 0 Å². The molecule has 0 aromatic carbocycles. The number of hydrogen-bond donors (Lipinski definition) is 1. The van der Waals surface area contributed by atoms with E-state index in [0.717, 1.165) is 25.2 Å². The Morgan fingerprint density at radius 2 is 2.40 bits per heavy atom. The zero-order chi connectivity index (χ0) is 10.5. The van der Waals surface area contributed by atoms with Crippen LogP contribution < -0.4 is 5.32 Å². The molecule has 2 heterocycles. The first-order valence-corrected chi connectivity index (χ1v) is 5.92. The van der Waals surface area contributed by atoms with Crippen molar-refractivity contribution in [3.05, 3.63) is 23.8 Å². The molecular weight excluding hydrogens is 186 g/mol. The second kappa shape index (κ2) is 5.21. The van der Waals surface area contributed by atoms with Gasteiger partial charge in [-0.3, -0.25) is 0 Å². The lowest BCUT2D eigenvalue weighted by Gasteiger charge is -2.23. The quantitative estimate of drug-likeness (QED) is 0.816. The smallest absolute Gasteiger partial charge is 0.128 e. The van der Waals surface area contributed by atoms with Crippen molar-refractivity contribution in [1.29, 1.82) is 0 Å². The summed E-state index contributed by atoms with van der Waals surface area (Å²) in [4.78, 5) is 8.75. The minimum atomic E-state index is 0.623. The monoisotopic (exact) mass is 205 g/mol. The molecule has 1 aliphatic heterocycles. The van der Waals surface area contributed by atoms with Crippen molar-refractivity contribution in [1.82, 2.24) is 15.3 Å². The van der Waals surface area contributed by atoms with E-state index >= 15 is 0 Å². The van der Waals surface area contributed by atoms with Crippen LogP contribution in [-0.2, 0) is 12.8 Å². The van der Waals surface area contributed by atoms with Crippen LogP contribution in [0, 0.1) is 0 Å². The zero-order valence-corrected chi connectivity index (χ0v) is 9.37. The Kier molecular flexibility index (Phi) is 3.67. The van der Waals surface area contributed by atoms with Crippen molar-refractivity contribution in [2.45, 2.75) is 45.1 Å². The van der Waals surface area contributed by atoms with Gasteiger partial charge in [0.05, 0.1) is 0 Å². The lowest BCUT2D eigenvalue weighted by atomic mass is 10.0. The number of aryl methyl sites for hydroxylation is 1. The molecule has 1 aromatic heterocycles. The second-order valence-electron chi connectivity index (χ2n) is 4.17. The molecule has 1 saturated heterocycles. The summed E-state index contributed by atoms with van der Waals surface area (Å²) in [5.74, 6) is 0.961. The Bertz CT molecular complexity index is 305. The molecular formula is C12H19N3. The molecule has 2 rings (SSSR count). The molecule has 1 atom stereocenters. The van der Waals surface area contributed by atoms with Gasteiger partial charge < -0.3 is 5.32 Å². The summed E-state index contributed by atoms with van der Waals surface area (Å²) in [5, 5.41) is 3.54. The summed E-state index contributed by atoms with van der Waals surface area (Å²) >= 11 is 0. The zero-order valence-electron chi connectivity index (χ0n) is 9.37. The van der Waals surface area contributed by atoms with Crippen LogP contribution in [0.5, 0.6) is 0 Å². The minimum Gasteiger partial charge on any atom is -0.314 e. The van der Waals surface area contributed by atoms with Crippen molar-refractivity contribution < 1.29 is 0 Å². The molecule has 82 valence electrons. The van der Waals surface area contributed by atoms with Gasteiger partial charge in [-0.05, 0) is 25.5 Å². The maximum Gasteiger partial charge on any atom is 0.128 e. The fraction of sp³-hybridized carbons (Fsp3) is 0.667. The highest BCUT2D eigenvalue weighted by Crippen LogP contribution is 2.11. The summed E-state index contributed by atoms with van der Waals surface area (Å²) < 4.78 is 0. The van der Waals surface area contributed by atoms with E-state index in [4.69, 9.17) is 0 Å². The molecule has 0 saturated carbocycles. The van der Waals surface area contributed by atoms with Gasteiger partial charge in [-0.1, -0.05) is 13.3 Å². The first kappa shape index (κ1) is 10.6. The minimum absolute atomic E-state index is 0.623. The van der Waals surface area contributed by atoms with Crippen molar-refractivity contribution >= 4 is 0 Å². The molecule has 3 heteroatoms. The first-order chi connectivity index (χ1) is 7.38. The number of piperidine rings is 1. The largest absolute Gasteiger partial charge is 0.314 e. The van der Waals surface area contributed by atoms with Crippen LogP contribution >= 0.6 is 0 Å². The summed E-state index contributed by atoms with van der Waals surface area (Å²) in [6.45, 7) is 3.26. The van der Waals surface area contributed by atoms with Crippen LogP contribution in [0.15, 0.2) is 12.3 Å². The summed E-state index contributed by atoms with van der Waals surface area (Å²) in [6, 6.07) is 2.66. The normalized spacial score (nSPS) is 21.5. The molecule has 1 fully saturated rings. The van der Waals surface area contributed by atoms with Crippen molar-refractivity contribution in [2.24, 2.45) is 0 Å². The van der Waals surface area contributed by atoms with Gasteiger partial charge in [0.2, 0.25) is 0 Å². The number of nitrogens with one attached hydrogen (secondary N) is 1. The number of nitrogens with zero attached hydrogens (tertiary/aromatic N) is 2. The molecule has 0 bridgehead atoms. The Morgan fingerprint density at radius 1 is 1.47 bits per heavy atom. The third kappa shape index (κ3) is 2.99. The average molecular weight is 205 g/mol.